The van der Waals surface area contributed by atoms with E-state index in [9.17, 15) is 22.9 Å². The number of aliphatic hydroxyl groups is 1. The minimum absolute atomic E-state index is 0.161. The Labute approximate surface area is 109 Å². The zero-order chi connectivity index (χ0) is 14.6. The Morgan fingerprint density at radius 3 is 2.68 bits per heavy atom. The van der Waals surface area contributed by atoms with Gasteiger partial charge in [-0.2, -0.15) is 0 Å². The van der Waals surface area contributed by atoms with Gasteiger partial charge in [0.15, 0.2) is 4.90 Å². The highest BCUT2D eigenvalue weighted by molar-refractivity contribution is 7.89. The fourth-order valence-corrected chi connectivity index (χ4v) is 2.87. The first-order chi connectivity index (χ1) is 8.77. The topological polar surface area (TPSA) is 110 Å². The lowest BCUT2D eigenvalue weighted by Crippen LogP contribution is -2.33. The molecule has 2 N–H and O–H groups in total. The van der Waals surface area contributed by atoms with E-state index in [1.54, 1.807) is 0 Å². The van der Waals surface area contributed by atoms with E-state index in [1.807, 2.05) is 0 Å². The van der Waals surface area contributed by atoms with Crippen LogP contribution in [-0.2, 0) is 10.0 Å². The molecule has 0 aliphatic carbocycles. The van der Waals surface area contributed by atoms with Gasteiger partial charge in [-0.1, -0.05) is 0 Å². The molecule has 19 heavy (non-hydrogen) atoms. The predicted octanol–water partition coefficient (Wildman–Crippen LogP) is 0.783. The number of benzene rings is 1. The summed E-state index contributed by atoms with van der Waals surface area (Å²) in [6, 6.07) is 1.62. The van der Waals surface area contributed by atoms with Crippen molar-refractivity contribution < 1.29 is 22.8 Å². The first-order valence-corrected chi connectivity index (χ1v) is 6.83. The maximum absolute atomic E-state index is 12.9. The van der Waals surface area contributed by atoms with Gasteiger partial charge in [-0.05, 0) is 25.5 Å². The van der Waals surface area contributed by atoms with Gasteiger partial charge in [-0.15, -0.1) is 0 Å². The summed E-state index contributed by atoms with van der Waals surface area (Å²) in [5, 5.41) is 19.4. The third kappa shape index (κ3) is 3.94. The highest BCUT2D eigenvalue weighted by Gasteiger charge is 2.27. The third-order valence-corrected chi connectivity index (χ3v) is 3.96. The average molecular weight is 292 g/mol. The molecule has 7 nitrogen and oxygen atoms in total. The molecule has 0 amide bonds. The maximum Gasteiger partial charge on any atom is 0.292 e. The maximum atomic E-state index is 12.9. The molecule has 0 fully saturated rings. The molecule has 106 valence electrons. The molecular formula is C10H13FN2O5S. The fourth-order valence-electron chi connectivity index (χ4n) is 1.44. The lowest BCUT2D eigenvalue weighted by molar-refractivity contribution is -0.388. The number of nitrogens with one attached hydrogen (secondary N) is 1. The minimum Gasteiger partial charge on any atom is -0.396 e. The van der Waals surface area contributed by atoms with Gasteiger partial charge in [0.2, 0.25) is 10.0 Å². The van der Waals surface area contributed by atoms with Crippen LogP contribution < -0.4 is 4.72 Å². The van der Waals surface area contributed by atoms with Gasteiger partial charge in [0, 0.05) is 12.6 Å². The number of halogens is 1. The number of nitrogens with zero attached hydrogens (tertiary/aromatic N) is 1. The molecule has 0 aromatic heterocycles. The van der Waals surface area contributed by atoms with Crippen molar-refractivity contribution in [2.45, 2.75) is 24.3 Å². The molecule has 0 aliphatic rings. The second-order valence-electron chi connectivity index (χ2n) is 3.90. The van der Waals surface area contributed by atoms with Crippen LogP contribution in [0.1, 0.15) is 13.3 Å². The molecule has 1 rings (SSSR count). The molecule has 0 spiro atoms. The van der Waals surface area contributed by atoms with Crippen LogP contribution in [0.3, 0.4) is 0 Å². The summed E-state index contributed by atoms with van der Waals surface area (Å²) >= 11 is 0. The van der Waals surface area contributed by atoms with Gasteiger partial charge in [-0.25, -0.2) is 17.5 Å². The van der Waals surface area contributed by atoms with Crippen molar-refractivity contribution in [3.05, 3.63) is 34.1 Å². The number of hydrogen-bond donors (Lipinski definition) is 2. The Morgan fingerprint density at radius 1 is 1.53 bits per heavy atom. The summed E-state index contributed by atoms with van der Waals surface area (Å²) in [6.45, 7) is 1.28. The van der Waals surface area contributed by atoms with E-state index in [0.29, 0.717) is 6.07 Å². The van der Waals surface area contributed by atoms with Crippen LogP contribution in [0.5, 0.6) is 0 Å². The van der Waals surface area contributed by atoms with Gasteiger partial charge >= 0.3 is 0 Å². The van der Waals surface area contributed by atoms with E-state index in [4.69, 9.17) is 5.11 Å². The first-order valence-electron chi connectivity index (χ1n) is 5.35. The van der Waals surface area contributed by atoms with Crippen LogP contribution >= 0.6 is 0 Å². The molecule has 0 saturated heterocycles. The van der Waals surface area contributed by atoms with Gasteiger partial charge in [0.1, 0.15) is 5.82 Å². The lowest BCUT2D eigenvalue weighted by atomic mass is 10.3. The van der Waals surface area contributed by atoms with E-state index in [-0.39, 0.29) is 13.0 Å². The van der Waals surface area contributed by atoms with Crippen molar-refractivity contribution in [3.63, 3.8) is 0 Å². The molecule has 0 saturated carbocycles. The largest absolute Gasteiger partial charge is 0.396 e. The van der Waals surface area contributed by atoms with E-state index in [0.717, 1.165) is 12.1 Å². The predicted molar refractivity (Wildman–Crippen MR) is 64.5 cm³/mol. The Hall–Kier alpha value is -1.58. The minimum atomic E-state index is -4.14. The number of rotatable bonds is 6. The molecule has 1 aromatic rings. The van der Waals surface area contributed by atoms with Gasteiger partial charge in [-0.3, -0.25) is 10.1 Å². The number of aliphatic hydroxyl groups excluding tert-OH is 1. The van der Waals surface area contributed by atoms with Crippen molar-refractivity contribution in [2.24, 2.45) is 0 Å². The van der Waals surface area contributed by atoms with Gasteiger partial charge in [0.05, 0.1) is 11.0 Å². The van der Waals surface area contributed by atoms with E-state index >= 15 is 0 Å². The number of sulfonamides is 1. The molecular weight excluding hydrogens is 279 g/mol. The van der Waals surface area contributed by atoms with Crippen LogP contribution in [0.4, 0.5) is 10.1 Å². The van der Waals surface area contributed by atoms with Crippen LogP contribution in [0.2, 0.25) is 0 Å². The Bertz CT molecular complexity index is 575. The molecule has 0 radical (unpaired) electrons. The monoisotopic (exact) mass is 292 g/mol. The van der Waals surface area contributed by atoms with E-state index in [1.165, 1.54) is 6.92 Å². The van der Waals surface area contributed by atoms with Crippen molar-refractivity contribution in [2.75, 3.05) is 6.61 Å². The van der Waals surface area contributed by atoms with Crippen molar-refractivity contribution in [1.29, 1.82) is 0 Å². The summed E-state index contributed by atoms with van der Waals surface area (Å²) < 4.78 is 39.0. The molecule has 1 atom stereocenters. The summed E-state index contributed by atoms with van der Waals surface area (Å²) in [5.41, 5.74) is -0.830. The van der Waals surface area contributed by atoms with E-state index in [2.05, 4.69) is 4.72 Å². The van der Waals surface area contributed by atoms with Crippen LogP contribution in [0.25, 0.3) is 0 Å². The number of hydrogen-bond acceptors (Lipinski definition) is 5. The molecule has 0 aliphatic heterocycles. The lowest BCUT2D eigenvalue weighted by Gasteiger charge is -2.12. The van der Waals surface area contributed by atoms with Crippen molar-refractivity contribution >= 4 is 15.7 Å². The summed E-state index contributed by atoms with van der Waals surface area (Å²) in [4.78, 5) is 9.17. The van der Waals surface area contributed by atoms with Crippen LogP contribution in [0.15, 0.2) is 23.1 Å². The van der Waals surface area contributed by atoms with Gasteiger partial charge < -0.3 is 5.11 Å². The zero-order valence-electron chi connectivity index (χ0n) is 10.0. The van der Waals surface area contributed by atoms with Crippen LogP contribution in [0, 0.1) is 15.9 Å². The molecule has 1 aromatic carbocycles. The Morgan fingerprint density at radius 2 is 2.16 bits per heavy atom. The molecule has 1 unspecified atom stereocenters. The zero-order valence-corrected chi connectivity index (χ0v) is 10.9. The SMILES string of the molecule is CC(CCO)NS(=O)(=O)c1ccc(F)cc1[N+](=O)[O-]. The smallest absolute Gasteiger partial charge is 0.292 e. The normalized spacial score (nSPS) is 13.2. The van der Waals surface area contributed by atoms with Gasteiger partial charge in [0.25, 0.3) is 5.69 Å². The van der Waals surface area contributed by atoms with Crippen LogP contribution in [-0.4, -0.2) is 31.1 Å². The molecule has 0 bridgehead atoms. The summed E-state index contributed by atoms with van der Waals surface area (Å²) in [7, 11) is -4.14. The second kappa shape index (κ2) is 6.04. The van der Waals surface area contributed by atoms with Crippen molar-refractivity contribution in [3.8, 4) is 0 Å². The first kappa shape index (κ1) is 15.5. The Balaban J connectivity index is 3.18. The van der Waals surface area contributed by atoms with E-state index < -0.39 is 37.4 Å². The number of nitro groups is 1. The third-order valence-electron chi connectivity index (χ3n) is 2.33. The molecule has 9 heteroatoms. The quantitative estimate of drug-likeness (QED) is 0.595. The summed E-state index contributed by atoms with van der Waals surface area (Å²) in [6.07, 6.45) is 0.161. The van der Waals surface area contributed by atoms with Crippen molar-refractivity contribution in [1.82, 2.24) is 4.72 Å². The second-order valence-corrected chi connectivity index (χ2v) is 5.59. The fraction of sp³-hybridized carbons (Fsp3) is 0.400. The number of nitro benzene ring substituents is 1. The molecule has 0 heterocycles. The standard InChI is InChI=1S/C10H13FN2O5S/c1-7(4-5-14)12-19(17,18)10-3-2-8(11)6-9(10)13(15)16/h2-3,6-7,12,14H,4-5H2,1H3. The average Bonchev–Trinajstić information content (AvgIpc) is 2.27. The highest BCUT2D eigenvalue weighted by Crippen LogP contribution is 2.24. The highest BCUT2D eigenvalue weighted by atomic mass is 32.2. The summed E-state index contributed by atoms with van der Waals surface area (Å²) in [5.74, 6) is -0.894. The Kier molecular flexibility index (Phi) is 4.92.